The van der Waals surface area contributed by atoms with Gasteiger partial charge in [0.05, 0.1) is 30.0 Å². The molecule has 1 saturated heterocycles. The van der Waals surface area contributed by atoms with E-state index < -0.39 is 11.3 Å². The average molecular weight is 479 g/mol. The quantitative estimate of drug-likeness (QED) is 0.396. The van der Waals surface area contributed by atoms with E-state index in [4.69, 9.17) is 20.2 Å². The summed E-state index contributed by atoms with van der Waals surface area (Å²) < 4.78 is 13.5. The van der Waals surface area contributed by atoms with Gasteiger partial charge in [-0.25, -0.2) is 4.98 Å². The molecule has 7 rings (SSSR count). The van der Waals surface area contributed by atoms with Gasteiger partial charge in [-0.05, 0) is 23.3 Å². The van der Waals surface area contributed by atoms with Crippen LogP contribution in [0.15, 0.2) is 72.9 Å². The van der Waals surface area contributed by atoms with Crippen LogP contribution in [0.25, 0.3) is 38.9 Å². The number of fused-ring (bicyclic) bond motifs is 3. The topological polar surface area (TPSA) is 99.6 Å². The minimum atomic E-state index is -0.492. The summed E-state index contributed by atoms with van der Waals surface area (Å²) in [6.45, 7) is 1.28. The van der Waals surface area contributed by atoms with Crippen LogP contribution in [0.4, 0.5) is 5.95 Å². The van der Waals surface area contributed by atoms with Crippen LogP contribution in [0.5, 0.6) is 0 Å². The molecular formula is C28H26N6O2. The Kier molecular flexibility index (Phi) is 4.66. The highest BCUT2D eigenvalue weighted by Gasteiger charge is 2.57. The molecule has 1 aliphatic heterocycles. The molecule has 0 unspecified atom stereocenters. The lowest BCUT2D eigenvalue weighted by molar-refractivity contribution is -0.239. The van der Waals surface area contributed by atoms with Crippen LogP contribution in [-0.4, -0.2) is 45.6 Å². The lowest BCUT2D eigenvalue weighted by Crippen LogP contribution is -2.60. The van der Waals surface area contributed by atoms with Gasteiger partial charge in [-0.1, -0.05) is 54.6 Å². The van der Waals surface area contributed by atoms with Gasteiger partial charge in [-0.2, -0.15) is 0 Å². The van der Waals surface area contributed by atoms with Crippen molar-refractivity contribution >= 4 is 22.5 Å². The van der Waals surface area contributed by atoms with Crippen molar-refractivity contribution in [3.05, 3.63) is 78.5 Å². The molecule has 1 aliphatic carbocycles. The number of pyridine rings is 2. The van der Waals surface area contributed by atoms with Gasteiger partial charge in [0.1, 0.15) is 0 Å². The van der Waals surface area contributed by atoms with Gasteiger partial charge in [0, 0.05) is 42.6 Å². The Bertz CT molecular complexity index is 1580. The molecule has 8 heteroatoms. The van der Waals surface area contributed by atoms with Crippen LogP contribution in [0.2, 0.25) is 0 Å². The molecule has 180 valence electrons. The lowest BCUT2D eigenvalue weighted by Gasteiger charge is -2.50. The van der Waals surface area contributed by atoms with Crippen molar-refractivity contribution in [3.8, 4) is 22.4 Å². The van der Waals surface area contributed by atoms with Crippen LogP contribution in [-0.2, 0) is 15.0 Å². The summed E-state index contributed by atoms with van der Waals surface area (Å²) in [6, 6.07) is 22.9. The number of anilines is 1. The van der Waals surface area contributed by atoms with Crippen molar-refractivity contribution in [2.45, 2.75) is 24.2 Å². The highest BCUT2D eigenvalue weighted by Crippen LogP contribution is 2.51. The number of hydrogen-bond acceptors (Lipinski definition) is 7. The summed E-state index contributed by atoms with van der Waals surface area (Å²) >= 11 is 0. The maximum absolute atomic E-state index is 6.73. The second-order valence-corrected chi connectivity index (χ2v) is 9.66. The Balaban J connectivity index is 1.33. The van der Waals surface area contributed by atoms with Crippen LogP contribution in [0.3, 0.4) is 0 Å². The molecule has 8 nitrogen and oxygen atoms in total. The summed E-state index contributed by atoms with van der Waals surface area (Å²) in [5.74, 6) is 0.197. The second kappa shape index (κ2) is 7.83. The van der Waals surface area contributed by atoms with Gasteiger partial charge in [-0.15, -0.1) is 10.2 Å². The normalized spacial score (nSPS) is 18.1. The van der Waals surface area contributed by atoms with E-state index in [2.05, 4.69) is 58.0 Å². The van der Waals surface area contributed by atoms with Gasteiger partial charge >= 0.3 is 0 Å². The Morgan fingerprint density at radius 3 is 2.39 bits per heavy atom. The van der Waals surface area contributed by atoms with Crippen LogP contribution >= 0.6 is 0 Å². The van der Waals surface area contributed by atoms with Gasteiger partial charge in [0.2, 0.25) is 5.95 Å². The van der Waals surface area contributed by atoms with E-state index >= 15 is 0 Å². The number of nitrogens with zero attached hydrogens (tertiary/aromatic N) is 4. The number of nitrogens with one attached hydrogen (secondary N) is 1. The minimum absolute atomic E-state index is 0.438. The van der Waals surface area contributed by atoms with Crippen molar-refractivity contribution < 1.29 is 9.47 Å². The highest BCUT2D eigenvalue weighted by atomic mass is 16.7. The molecule has 3 aromatic heterocycles. The van der Waals surface area contributed by atoms with E-state index in [9.17, 15) is 0 Å². The van der Waals surface area contributed by atoms with E-state index in [1.807, 2.05) is 41.9 Å². The van der Waals surface area contributed by atoms with Crippen LogP contribution in [0.1, 0.15) is 18.4 Å². The lowest BCUT2D eigenvalue weighted by atomic mass is 9.68. The van der Waals surface area contributed by atoms with Crippen LogP contribution in [0, 0.1) is 0 Å². The van der Waals surface area contributed by atoms with E-state index in [0.717, 1.165) is 44.5 Å². The molecule has 1 spiro atoms. The maximum atomic E-state index is 6.73. The standard InChI is InChI=1S/C28H26N6O2/c1-30-26-33-32-25-22-15-21(18-5-3-2-4-6-18)24(31-23(22)11-12-34(25)26)19-7-9-20(10-8-19)27(29)16-28(17-27)35-13-14-36-28/h2-12,15H,13-14,16-17,29H2,1H3,(H,30,33). The van der Waals surface area contributed by atoms with E-state index in [1.165, 1.54) is 0 Å². The monoisotopic (exact) mass is 478 g/mol. The number of hydrogen-bond donors (Lipinski definition) is 2. The van der Waals surface area contributed by atoms with Crippen molar-refractivity contribution in [2.24, 2.45) is 5.73 Å². The maximum Gasteiger partial charge on any atom is 0.228 e. The predicted octanol–water partition coefficient (Wildman–Crippen LogP) is 4.34. The summed E-state index contributed by atoms with van der Waals surface area (Å²) in [5.41, 5.74) is 13.1. The number of nitrogens with two attached hydrogens (primary N) is 1. The summed E-state index contributed by atoms with van der Waals surface area (Å²) in [4.78, 5) is 5.12. The highest BCUT2D eigenvalue weighted by molar-refractivity contribution is 5.98. The van der Waals surface area contributed by atoms with Gasteiger partial charge in [-0.3, -0.25) is 4.40 Å². The van der Waals surface area contributed by atoms with E-state index in [-0.39, 0.29) is 0 Å². The fourth-order valence-electron chi connectivity index (χ4n) is 5.60. The Labute approximate surface area is 208 Å². The first kappa shape index (κ1) is 21.4. The molecule has 5 aromatic rings. The Morgan fingerprint density at radius 2 is 1.67 bits per heavy atom. The summed E-state index contributed by atoms with van der Waals surface area (Å²) in [6.07, 6.45) is 3.29. The number of ether oxygens (including phenoxy) is 2. The first-order valence-corrected chi connectivity index (χ1v) is 12.2. The first-order valence-electron chi connectivity index (χ1n) is 12.2. The third-order valence-corrected chi connectivity index (χ3v) is 7.39. The fraction of sp³-hybridized carbons (Fsp3) is 0.250. The molecule has 3 N–H and O–H groups in total. The fourth-order valence-corrected chi connectivity index (χ4v) is 5.60. The molecule has 36 heavy (non-hydrogen) atoms. The Morgan fingerprint density at radius 1 is 0.917 bits per heavy atom. The van der Waals surface area contributed by atoms with E-state index in [1.54, 1.807) is 0 Å². The van der Waals surface area contributed by atoms with Crippen molar-refractivity contribution in [3.63, 3.8) is 0 Å². The molecule has 0 bridgehead atoms. The molecule has 2 aliphatic rings. The summed E-state index contributed by atoms with van der Waals surface area (Å²) in [5, 5.41) is 12.7. The molecular weight excluding hydrogens is 452 g/mol. The van der Waals surface area contributed by atoms with Crippen LogP contribution < -0.4 is 11.1 Å². The van der Waals surface area contributed by atoms with E-state index in [0.29, 0.717) is 32.0 Å². The number of aromatic nitrogens is 4. The minimum Gasteiger partial charge on any atom is -0.357 e. The number of rotatable bonds is 4. The third kappa shape index (κ3) is 3.22. The molecule has 0 amide bonds. The molecule has 1 saturated carbocycles. The number of benzene rings is 2. The molecule has 0 atom stereocenters. The molecule has 2 aromatic carbocycles. The van der Waals surface area contributed by atoms with Gasteiger partial charge < -0.3 is 20.5 Å². The van der Waals surface area contributed by atoms with Crippen molar-refractivity contribution in [1.82, 2.24) is 19.6 Å². The van der Waals surface area contributed by atoms with Gasteiger partial charge in [0.25, 0.3) is 0 Å². The smallest absolute Gasteiger partial charge is 0.228 e. The zero-order chi connectivity index (χ0) is 24.3. The SMILES string of the molecule is CNc1nnc2c3cc(-c4ccccc4)c(-c4ccc(C5(N)CC6(C5)OCCO6)cc4)nc3ccn12. The predicted molar refractivity (Wildman–Crippen MR) is 138 cm³/mol. The van der Waals surface area contributed by atoms with Crippen molar-refractivity contribution in [2.75, 3.05) is 25.6 Å². The zero-order valence-corrected chi connectivity index (χ0v) is 19.9. The molecule has 0 radical (unpaired) electrons. The Hall–Kier alpha value is -3.85. The first-order chi connectivity index (χ1) is 17.6. The average Bonchev–Trinajstić information content (AvgIpc) is 3.55. The summed E-state index contributed by atoms with van der Waals surface area (Å²) in [7, 11) is 1.84. The zero-order valence-electron chi connectivity index (χ0n) is 19.9. The second-order valence-electron chi connectivity index (χ2n) is 9.66. The van der Waals surface area contributed by atoms with Crippen molar-refractivity contribution in [1.29, 1.82) is 0 Å². The third-order valence-electron chi connectivity index (χ3n) is 7.39. The molecule has 4 heterocycles. The molecule has 2 fully saturated rings. The van der Waals surface area contributed by atoms with Gasteiger partial charge in [0.15, 0.2) is 11.4 Å². The largest absolute Gasteiger partial charge is 0.357 e.